The van der Waals surface area contributed by atoms with Crippen molar-refractivity contribution in [2.24, 2.45) is 0 Å². The molecule has 0 spiro atoms. The smallest absolute Gasteiger partial charge is 0.407 e. The first kappa shape index (κ1) is 18.7. The largest absolute Gasteiger partial charge is 0.444 e. The van der Waals surface area contributed by atoms with E-state index in [4.69, 9.17) is 4.74 Å². The quantitative estimate of drug-likeness (QED) is 0.661. The molecular formula is C14H29N3O3. The zero-order chi connectivity index (χ0) is 15.6. The van der Waals surface area contributed by atoms with Gasteiger partial charge in [-0.05, 0) is 54.3 Å². The highest BCUT2D eigenvalue weighted by molar-refractivity contribution is 5.75. The molecule has 6 heteroatoms. The molecule has 0 aliphatic rings. The van der Waals surface area contributed by atoms with E-state index in [0.717, 1.165) is 13.0 Å². The van der Waals surface area contributed by atoms with E-state index in [1.54, 1.807) is 0 Å². The highest BCUT2D eigenvalue weighted by Gasteiger charge is 2.15. The van der Waals surface area contributed by atoms with Crippen LogP contribution in [0.25, 0.3) is 0 Å². The molecule has 2 N–H and O–H groups in total. The van der Waals surface area contributed by atoms with Crippen LogP contribution in [0.1, 0.15) is 40.0 Å². The second kappa shape index (κ2) is 9.58. The fourth-order valence-corrected chi connectivity index (χ4v) is 1.47. The minimum atomic E-state index is -0.492. The first-order chi connectivity index (χ1) is 9.20. The number of carbonyl (C=O) groups is 2. The number of ether oxygens (including phenoxy) is 1. The van der Waals surface area contributed by atoms with Gasteiger partial charge in [0.2, 0.25) is 5.91 Å². The molecule has 0 aromatic heterocycles. The number of hydrogen-bond acceptors (Lipinski definition) is 4. The molecule has 0 bridgehead atoms. The lowest BCUT2D eigenvalue weighted by molar-refractivity contribution is -0.121. The van der Waals surface area contributed by atoms with Crippen molar-refractivity contribution in [3.63, 3.8) is 0 Å². The van der Waals surface area contributed by atoms with E-state index in [1.807, 2.05) is 34.9 Å². The maximum atomic E-state index is 11.5. The summed E-state index contributed by atoms with van der Waals surface area (Å²) in [6, 6.07) is 0. The molecular weight excluding hydrogens is 258 g/mol. The molecule has 0 saturated carbocycles. The third-order valence-electron chi connectivity index (χ3n) is 2.35. The zero-order valence-corrected chi connectivity index (χ0v) is 13.4. The van der Waals surface area contributed by atoms with E-state index < -0.39 is 11.7 Å². The predicted molar refractivity (Wildman–Crippen MR) is 79.7 cm³/mol. The lowest BCUT2D eigenvalue weighted by atomic mass is 10.2. The van der Waals surface area contributed by atoms with Crippen LogP contribution in [0, 0.1) is 0 Å². The van der Waals surface area contributed by atoms with Crippen molar-refractivity contribution in [3.05, 3.63) is 0 Å². The summed E-state index contributed by atoms with van der Waals surface area (Å²) in [6.07, 6.45) is 1.52. The Kier molecular flexibility index (Phi) is 8.96. The molecule has 0 radical (unpaired) electrons. The van der Waals surface area contributed by atoms with Gasteiger partial charge in [-0.15, -0.1) is 0 Å². The van der Waals surface area contributed by atoms with Crippen LogP contribution in [-0.2, 0) is 9.53 Å². The molecule has 0 heterocycles. The molecule has 0 rings (SSSR count). The number of hydrogen-bond donors (Lipinski definition) is 2. The monoisotopic (exact) mass is 287 g/mol. The Bertz CT molecular complexity index is 299. The molecule has 2 amide bonds. The third kappa shape index (κ3) is 13.1. The van der Waals surface area contributed by atoms with Crippen molar-refractivity contribution in [2.75, 3.05) is 33.7 Å². The minimum Gasteiger partial charge on any atom is -0.444 e. The van der Waals surface area contributed by atoms with Gasteiger partial charge in [0.15, 0.2) is 0 Å². The number of amides is 2. The summed E-state index contributed by atoms with van der Waals surface area (Å²) in [7, 11) is 4.01. The Morgan fingerprint density at radius 1 is 1.05 bits per heavy atom. The van der Waals surface area contributed by atoms with E-state index in [9.17, 15) is 9.59 Å². The van der Waals surface area contributed by atoms with Crippen LogP contribution in [0.3, 0.4) is 0 Å². The average Bonchev–Trinajstić information content (AvgIpc) is 2.28. The van der Waals surface area contributed by atoms with Crippen molar-refractivity contribution in [1.29, 1.82) is 0 Å². The van der Waals surface area contributed by atoms with E-state index in [0.29, 0.717) is 25.9 Å². The van der Waals surface area contributed by atoms with Crippen molar-refractivity contribution in [1.82, 2.24) is 15.5 Å². The van der Waals surface area contributed by atoms with Crippen molar-refractivity contribution in [2.45, 2.75) is 45.6 Å². The minimum absolute atomic E-state index is 0.0229. The maximum absolute atomic E-state index is 11.5. The number of nitrogens with one attached hydrogen (secondary N) is 2. The number of nitrogens with zero attached hydrogens (tertiary/aromatic N) is 1. The molecule has 20 heavy (non-hydrogen) atoms. The summed E-state index contributed by atoms with van der Waals surface area (Å²) in [5.41, 5.74) is -0.492. The summed E-state index contributed by atoms with van der Waals surface area (Å²) < 4.78 is 5.09. The van der Waals surface area contributed by atoms with Gasteiger partial charge in [-0.2, -0.15) is 0 Å². The van der Waals surface area contributed by atoms with Gasteiger partial charge < -0.3 is 20.3 Å². The molecule has 0 atom stereocenters. The Morgan fingerprint density at radius 3 is 2.20 bits per heavy atom. The predicted octanol–water partition coefficient (Wildman–Crippen LogP) is 1.36. The van der Waals surface area contributed by atoms with Crippen molar-refractivity contribution < 1.29 is 14.3 Å². The molecule has 0 aromatic carbocycles. The fourth-order valence-electron chi connectivity index (χ4n) is 1.47. The van der Waals surface area contributed by atoms with Crippen LogP contribution in [0.4, 0.5) is 4.79 Å². The summed E-state index contributed by atoms with van der Waals surface area (Å²) >= 11 is 0. The van der Waals surface area contributed by atoms with Gasteiger partial charge in [-0.3, -0.25) is 4.79 Å². The van der Waals surface area contributed by atoms with Gasteiger partial charge in [0.05, 0.1) is 0 Å². The van der Waals surface area contributed by atoms with E-state index in [-0.39, 0.29) is 5.91 Å². The van der Waals surface area contributed by atoms with Crippen LogP contribution < -0.4 is 10.6 Å². The van der Waals surface area contributed by atoms with Crippen LogP contribution in [0.15, 0.2) is 0 Å². The zero-order valence-electron chi connectivity index (χ0n) is 13.4. The molecule has 6 nitrogen and oxygen atoms in total. The fraction of sp³-hybridized carbons (Fsp3) is 0.857. The van der Waals surface area contributed by atoms with Gasteiger partial charge in [-0.25, -0.2) is 4.79 Å². The highest BCUT2D eigenvalue weighted by Crippen LogP contribution is 2.06. The summed E-state index contributed by atoms with van der Waals surface area (Å²) in [5.74, 6) is 0.0229. The van der Waals surface area contributed by atoms with E-state index in [1.165, 1.54) is 0 Å². The second-order valence-electron chi connectivity index (χ2n) is 6.04. The van der Waals surface area contributed by atoms with Gasteiger partial charge in [0, 0.05) is 19.5 Å². The summed E-state index contributed by atoms with van der Waals surface area (Å²) in [6.45, 7) is 7.53. The van der Waals surface area contributed by atoms with E-state index in [2.05, 4.69) is 15.5 Å². The SMILES string of the molecule is CN(C)CCCNC(=O)CCCNC(=O)OC(C)(C)C. The van der Waals surface area contributed by atoms with Gasteiger partial charge in [0.1, 0.15) is 5.60 Å². The van der Waals surface area contributed by atoms with Crippen LogP contribution in [0.5, 0.6) is 0 Å². The topological polar surface area (TPSA) is 70.7 Å². The Morgan fingerprint density at radius 2 is 1.65 bits per heavy atom. The maximum Gasteiger partial charge on any atom is 0.407 e. The molecule has 0 unspecified atom stereocenters. The number of rotatable bonds is 8. The molecule has 118 valence electrons. The van der Waals surface area contributed by atoms with Gasteiger partial charge >= 0.3 is 6.09 Å². The Hall–Kier alpha value is -1.30. The Balaban J connectivity index is 3.50. The molecule has 0 fully saturated rings. The average molecular weight is 287 g/mol. The third-order valence-corrected chi connectivity index (χ3v) is 2.35. The first-order valence-electron chi connectivity index (χ1n) is 7.09. The van der Waals surface area contributed by atoms with Crippen molar-refractivity contribution in [3.8, 4) is 0 Å². The highest BCUT2D eigenvalue weighted by atomic mass is 16.6. The first-order valence-corrected chi connectivity index (χ1v) is 7.09. The summed E-state index contributed by atoms with van der Waals surface area (Å²) in [5, 5.41) is 5.48. The molecule has 0 saturated heterocycles. The van der Waals surface area contributed by atoms with Crippen LogP contribution in [-0.4, -0.2) is 56.2 Å². The second-order valence-corrected chi connectivity index (χ2v) is 6.04. The number of alkyl carbamates (subject to hydrolysis) is 1. The van der Waals surface area contributed by atoms with Gasteiger partial charge in [0.25, 0.3) is 0 Å². The van der Waals surface area contributed by atoms with E-state index >= 15 is 0 Å². The molecule has 0 aliphatic heterocycles. The normalized spacial score (nSPS) is 11.3. The lowest BCUT2D eigenvalue weighted by Gasteiger charge is -2.19. The Labute approximate surface area is 122 Å². The standard InChI is InChI=1S/C14H29N3O3/c1-14(2,3)20-13(19)16-9-6-8-12(18)15-10-7-11-17(4)5/h6-11H2,1-5H3,(H,15,18)(H,16,19). The van der Waals surface area contributed by atoms with Crippen molar-refractivity contribution >= 4 is 12.0 Å². The van der Waals surface area contributed by atoms with Crippen LogP contribution in [0.2, 0.25) is 0 Å². The molecule has 0 aromatic rings. The summed E-state index contributed by atoms with van der Waals surface area (Å²) in [4.78, 5) is 24.9. The lowest BCUT2D eigenvalue weighted by Crippen LogP contribution is -2.33. The number of carbonyl (C=O) groups excluding carboxylic acids is 2. The van der Waals surface area contributed by atoms with Crippen LogP contribution >= 0.6 is 0 Å². The van der Waals surface area contributed by atoms with Gasteiger partial charge in [-0.1, -0.05) is 0 Å². The molecule has 0 aliphatic carbocycles.